The first kappa shape index (κ1) is 21.9. The lowest BCUT2D eigenvalue weighted by Gasteiger charge is -2.47. The third-order valence-corrected chi connectivity index (χ3v) is 6.44. The van der Waals surface area contributed by atoms with E-state index in [1.807, 2.05) is 20.8 Å². The van der Waals surface area contributed by atoms with E-state index in [4.69, 9.17) is 0 Å². The maximum atomic E-state index is 14.4. The molecular formula is C24H25F2N5O. The lowest BCUT2D eigenvalue weighted by atomic mass is 9.99. The second-order valence-corrected chi connectivity index (χ2v) is 8.46. The molecular weight excluding hydrogens is 412 g/mol. The Labute approximate surface area is 185 Å². The molecule has 0 radical (unpaired) electrons. The van der Waals surface area contributed by atoms with Gasteiger partial charge in [0.15, 0.2) is 0 Å². The van der Waals surface area contributed by atoms with Crippen LogP contribution < -0.4 is 10.5 Å². The van der Waals surface area contributed by atoms with Crippen LogP contribution in [0.1, 0.15) is 38.1 Å². The van der Waals surface area contributed by atoms with Gasteiger partial charge in [-0.05, 0) is 45.0 Å². The van der Waals surface area contributed by atoms with Gasteiger partial charge < -0.3 is 9.47 Å². The maximum Gasteiger partial charge on any atom is 0.252 e. The molecule has 0 bridgehead atoms. The first-order valence-corrected chi connectivity index (χ1v) is 10.6. The van der Waals surface area contributed by atoms with Crippen molar-refractivity contribution >= 4 is 16.7 Å². The average Bonchev–Trinajstić information content (AvgIpc) is 2.77. The van der Waals surface area contributed by atoms with Crippen molar-refractivity contribution in [1.82, 2.24) is 14.5 Å². The van der Waals surface area contributed by atoms with Crippen LogP contribution in [0, 0.1) is 23.0 Å². The molecule has 2 aromatic heterocycles. The fraction of sp³-hybridized carbons (Fsp3) is 0.375. The topological polar surface area (TPSA) is 65.2 Å². The van der Waals surface area contributed by atoms with E-state index in [2.05, 4.69) is 20.9 Å². The Morgan fingerprint density at radius 2 is 1.81 bits per heavy atom. The van der Waals surface area contributed by atoms with Gasteiger partial charge >= 0.3 is 0 Å². The molecule has 166 valence electrons. The normalized spacial score (nSPS) is 20.3. The molecule has 1 aliphatic heterocycles. The Bertz CT molecular complexity index is 1260. The van der Waals surface area contributed by atoms with Crippen LogP contribution in [-0.2, 0) is 7.05 Å². The zero-order valence-electron chi connectivity index (χ0n) is 18.5. The Morgan fingerprint density at radius 1 is 1.12 bits per heavy atom. The quantitative estimate of drug-likeness (QED) is 0.625. The number of piperazine rings is 1. The van der Waals surface area contributed by atoms with Crippen molar-refractivity contribution in [1.29, 1.82) is 5.26 Å². The van der Waals surface area contributed by atoms with Crippen LogP contribution in [0.25, 0.3) is 11.0 Å². The van der Waals surface area contributed by atoms with Gasteiger partial charge in [-0.15, -0.1) is 0 Å². The molecule has 6 nitrogen and oxygen atoms in total. The number of benzene rings is 1. The Hall–Kier alpha value is -3.31. The van der Waals surface area contributed by atoms with Gasteiger partial charge in [0.1, 0.15) is 28.9 Å². The second-order valence-electron chi connectivity index (χ2n) is 8.46. The molecule has 0 N–H and O–H groups in total. The van der Waals surface area contributed by atoms with E-state index in [9.17, 15) is 18.8 Å². The molecule has 3 heterocycles. The first-order valence-electron chi connectivity index (χ1n) is 10.6. The number of halogens is 2. The summed E-state index contributed by atoms with van der Waals surface area (Å²) in [6.07, 6.45) is 0. The van der Waals surface area contributed by atoms with Gasteiger partial charge in [-0.2, -0.15) is 5.26 Å². The van der Waals surface area contributed by atoms with Crippen LogP contribution >= 0.6 is 0 Å². The van der Waals surface area contributed by atoms with Crippen molar-refractivity contribution in [3.05, 3.63) is 69.6 Å². The van der Waals surface area contributed by atoms with Gasteiger partial charge in [-0.3, -0.25) is 9.69 Å². The number of rotatable bonds is 3. The number of anilines is 1. The lowest BCUT2D eigenvalue weighted by Crippen LogP contribution is -2.57. The molecule has 32 heavy (non-hydrogen) atoms. The minimum atomic E-state index is -0.550. The molecule has 1 saturated heterocycles. The highest BCUT2D eigenvalue weighted by atomic mass is 19.1. The fourth-order valence-corrected chi connectivity index (χ4v) is 4.70. The molecule has 1 aliphatic rings. The van der Waals surface area contributed by atoms with E-state index in [1.54, 1.807) is 25.2 Å². The van der Waals surface area contributed by atoms with Gasteiger partial charge in [0, 0.05) is 49.9 Å². The number of hydrogen-bond donors (Lipinski definition) is 0. The molecule has 1 unspecified atom stereocenters. The van der Waals surface area contributed by atoms with Crippen LogP contribution in [0.5, 0.6) is 0 Å². The van der Waals surface area contributed by atoms with Crippen LogP contribution in [0.15, 0.2) is 41.2 Å². The molecule has 4 rings (SSSR count). The summed E-state index contributed by atoms with van der Waals surface area (Å²) in [5, 5.41) is 9.30. The second kappa shape index (κ2) is 8.32. The first-order chi connectivity index (χ1) is 15.2. The maximum absolute atomic E-state index is 14.4. The van der Waals surface area contributed by atoms with Gasteiger partial charge in [-0.1, -0.05) is 6.07 Å². The highest BCUT2D eigenvalue weighted by Gasteiger charge is 2.35. The van der Waals surface area contributed by atoms with E-state index in [0.717, 1.165) is 0 Å². The fourth-order valence-electron chi connectivity index (χ4n) is 4.70. The monoisotopic (exact) mass is 437 g/mol. The zero-order valence-corrected chi connectivity index (χ0v) is 18.5. The molecule has 1 fully saturated rings. The third-order valence-electron chi connectivity index (χ3n) is 6.44. The summed E-state index contributed by atoms with van der Waals surface area (Å²) in [7, 11) is 1.68. The Morgan fingerprint density at radius 3 is 2.47 bits per heavy atom. The van der Waals surface area contributed by atoms with Gasteiger partial charge in [-0.25, -0.2) is 13.8 Å². The van der Waals surface area contributed by atoms with Crippen molar-refractivity contribution in [2.75, 3.05) is 18.0 Å². The Kier molecular flexibility index (Phi) is 5.70. The van der Waals surface area contributed by atoms with Crippen molar-refractivity contribution in [2.45, 2.75) is 38.9 Å². The van der Waals surface area contributed by atoms with E-state index < -0.39 is 17.7 Å². The SMILES string of the molecule is CC(c1c(F)cccc1F)N1C[C@H](C)N(c2cc(=O)n(C)c3ccc(C#N)nc23)C[C@H]1C. The molecule has 3 atom stereocenters. The number of aromatic nitrogens is 2. The lowest BCUT2D eigenvalue weighted by molar-refractivity contribution is 0.115. The summed E-state index contributed by atoms with van der Waals surface area (Å²) in [6.45, 7) is 6.92. The number of pyridine rings is 2. The van der Waals surface area contributed by atoms with Crippen molar-refractivity contribution in [3.63, 3.8) is 0 Å². The smallest absolute Gasteiger partial charge is 0.252 e. The van der Waals surface area contributed by atoms with E-state index in [1.165, 1.54) is 22.8 Å². The van der Waals surface area contributed by atoms with Gasteiger partial charge in [0.2, 0.25) is 0 Å². The Balaban J connectivity index is 1.72. The summed E-state index contributed by atoms with van der Waals surface area (Å²) >= 11 is 0. The van der Waals surface area contributed by atoms with Crippen molar-refractivity contribution in [2.24, 2.45) is 7.05 Å². The third kappa shape index (κ3) is 3.63. The highest BCUT2D eigenvalue weighted by Crippen LogP contribution is 2.33. The van der Waals surface area contributed by atoms with Gasteiger partial charge in [0.25, 0.3) is 5.56 Å². The highest BCUT2D eigenvalue weighted by molar-refractivity contribution is 5.89. The minimum absolute atomic E-state index is 0.0431. The summed E-state index contributed by atoms with van der Waals surface area (Å²) in [4.78, 5) is 21.3. The summed E-state index contributed by atoms with van der Waals surface area (Å²) in [6, 6.07) is 10.3. The standard InChI is InChI=1S/C24H25F2N5O/c1-14-13-31(15(2)12-30(14)16(3)23-18(25)6-5-7-19(23)26)21-10-22(32)29(4)20-9-8-17(11-27)28-24(20)21/h5-10,14-16H,12-13H2,1-4H3/t14-,15+,16?/m1/s1. The van der Waals surface area contributed by atoms with Crippen molar-refractivity contribution < 1.29 is 8.78 Å². The number of aryl methyl sites for hydroxylation is 1. The zero-order chi connectivity index (χ0) is 23.2. The number of nitriles is 1. The van der Waals surface area contributed by atoms with Crippen LogP contribution in [0.3, 0.4) is 0 Å². The molecule has 0 aliphatic carbocycles. The van der Waals surface area contributed by atoms with E-state index in [-0.39, 0.29) is 28.9 Å². The summed E-state index contributed by atoms with van der Waals surface area (Å²) in [5.74, 6) is -1.10. The predicted molar refractivity (Wildman–Crippen MR) is 119 cm³/mol. The molecule has 0 saturated carbocycles. The van der Waals surface area contributed by atoms with Crippen LogP contribution in [-0.4, -0.2) is 39.6 Å². The molecule has 0 amide bonds. The summed E-state index contributed by atoms with van der Waals surface area (Å²) < 4.78 is 30.3. The summed E-state index contributed by atoms with van der Waals surface area (Å²) in [5.41, 5.74) is 2.09. The van der Waals surface area contributed by atoms with Crippen LogP contribution in [0.4, 0.5) is 14.5 Å². The number of nitrogens with zero attached hydrogens (tertiary/aromatic N) is 5. The molecule has 3 aromatic rings. The number of fused-ring (bicyclic) bond motifs is 1. The molecule has 0 spiro atoms. The number of hydrogen-bond acceptors (Lipinski definition) is 5. The largest absolute Gasteiger partial charge is 0.364 e. The van der Waals surface area contributed by atoms with E-state index in [0.29, 0.717) is 29.8 Å². The minimum Gasteiger partial charge on any atom is -0.364 e. The van der Waals surface area contributed by atoms with E-state index >= 15 is 0 Å². The molecule has 8 heteroatoms. The van der Waals surface area contributed by atoms with Gasteiger partial charge in [0.05, 0.1) is 11.2 Å². The average molecular weight is 437 g/mol. The molecule has 1 aromatic carbocycles. The van der Waals surface area contributed by atoms with Crippen LogP contribution in [0.2, 0.25) is 0 Å². The van der Waals surface area contributed by atoms with Crippen molar-refractivity contribution in [3.8, 4) is 6.07 Å². The predicted octanol–water partition coefficient (Wildman–Crippen LogP) is 3.74.